The predicted octanol–water partition coefficient (Wildman–Crippen LogP) is 0.940. The number of benzene rings is 2. The van der Waals surface area contributed by atoms with E-state index in [0.29, 0.717) is 29.4 Å². The number of rotatable bonds is 15. The van der Waals surface area contributed by atoms with Crippen molar-refractivity contribution in [1.29, 1.82) is 0 Å². The fourth-order valence-corrected chi connectivity index (χ4v) is 5.52. The monoisotopic (exact) mass is 647 g/mol. The number of amides is 2. The molecule has 47 heavy (non-hydrogen) atoms. The molecule has 246 valence electrons. The molecule has 3 aromatic rings. The van der Waals surface area contributed by atoms with Gasteiger partial charge in [-0.25, -0.2) is 14.6 Å². The molecule has 0 spiro atoms. The van der Waals surface area contributed by atoms with Crippen molar-refractivity contribution in [3.05, 3.63) is 69.3 Å². The normalized spacial score (nSPS) is 14.8. The topological polar surface area (TPSA) is 239 Å². The van der Waals surface area contributed by atoms with E-state index in [1.807, 2.05) is 11.0 Å². The highest BCUT2D eigenvalue weighted by Crippen LogP contribution is 2.39. The minimum absolute atomic E-state index is 0.139. The van der Waals surface area contributed by atoms with E-state index in [2.05, 4.69) is 26.5 Å². The van der Waals surface area contributed by atoms with Gasteiger partial charge < -0.3 is 40.9 Å². The van der Waals surface area contributed by atoms with Gasteiger partial charge in [0.15, 0.2) is 0 Å². The summed E-state index contributed by atoms with van der Waals surface area (Å²) in [6, 6.07) is 6.85. The van der Waals surface area contributed by atoms with Crippen LogP contribution in [0.15, 0.2) is 41.2 Å². The summed E-state index contributed by atoms with van der Waals surface area (Å²) in [4.78, 5) is 80.6. The van der Waals surface area contributed by atoms with Gasteiger partial charge in [-0.3, -0.25) is 19.2 Å². The van der Waals surface area contributed by atoms with E-state index in [0.717, 1.165) is 11.1 Å². The number of carbonyl (C=O) groups is 5. The zero-order chi connectivity index (χ0) is 34.2. The summed E-state index contributed by atoms with van der Waals surface area (Å²) in [5.41, 5.74) is 2.84. The maximum absolute atomic E-state index is 12.9. The number of nitrogens with zero attached hydrogens (tertiary/aromatic N) is 2. The van der Waals surface area contributed by atoms with E-state index in [4.69, 9.17) is 11.5 Å². The summed E-state index contributed by atoms with van der Waals surface area (Å²) >= 11 is 0. The van der Waals surface area contributed by atoms with Crippen LogP contribution in [0, 0.1) is 12.3 Å². The summed E-state index contributed by atoms with van der Waals surface area (Å²) in [7, 11) is 0. The number of aryl methyl sites for hydroxylation is 1. The second-order valence-electron chi connectivity index (χ2n) is 11.0. The minimum atomic E-state index is -1.47. The van der Waals surface area contributed by atoms with E-state index < -0.39 is 61.3 Å². The molecule has 0 radical (unpaired) electrons. The Morgan fingerprint density at radius 1 is 1.00 bits per heavy atom. The molecular weight excluding hydrogens is 614 g/mol. The van der Waals surface area contributed by atoms with Gasteiger partial charge in [0.2, 0.25) is 5.91 Å². The third-order valence-electron chi connectivity index (χ3n) is 7.85. The van der Waals surface area contributed by atoms with Crippen LogP contribution in [0.5, 0.6) is 0 Å². The molecule has 2 amide bonds. The first-order chi connectivity index (χ1) is 22.4. The average Bonchev–Trinajstić information content (AvgIpc) is 3.44. The van der Waals surface area contributed by atoms with Gasteiger partial charge in [-0.1, -0.05) is 5.92 Å². The van der Waals surface area contributed by atoms with Crippen LogP contribution >= 0.6 is 0 Å². The molecule has 7 N–H and O–H groups in total. The van der Waals surface area contributed by atoms with Crippen LogP contribution in [0.3, 0.4) is 0 Å². The highest BCUT2D eigenvalue weighted by molar-refractivity contribution is 5.97. The van der Waals surface area contributed by atoms with Crippen LogP contribution in [0.2, 0.25) is 0 Å². The van der Waals surface area contributed by atoms with Crippen LogP contribution in [0.4, 0.5) is 5.69 Å². The van der Waals surface area contributed by atoms with Crippen molar-refractivity contribution in [1.82, 2.24) is 20.6 Å². The van der Waals surface area contributed by atoms with Gasteiger partial charge in [-0.05, 0) is 73.2 Å². The Hall–Kier alpha value is -5.75. The maximum atomic E-state index is 12.9. The van der Waals surface area contributed by atoms with Crippen LogP contribution in [0.25, 0.3) is 10.9 Å². The highest BCUT2D eigenvalue weighted by atomic mass is 16.4. The van der Waals surface area contributed by atoms with Crippen LogP contribution < -0.4 is 21.1 Å². The number of aliphatic hydroxyl groups is 1. The number of H-pyrrole nitrogens is 1. The minimum Gasteiger partial charge on any atom is -0.481 e. The molecule has 1 aliphatic carbocycles. The number of fused-ring (bicyclic) bond motifs is 2. The molecule has 15 heteroatoms. The molecule has 0 bridgehead atoms. The lowest BCUT2D eigenvalue weighted by Crippen LogP contribution is -2.44. The number of nitrogens with one attached hydrogen (secondary N) is 3. The van der Waals surface area contributed by atoms with Crippen LogP contribution in [0.1, 0.15) is 65.5 Å². The molecule has 0 saturated heterocycles. The lowest BCUT2D eigenvalue weighted by Gasteiger charge is -2.30. The van der Waals surface area contributed by atoms with E-state index in [1.54, 1.807) is 18.2 Å². The molecule has 3 atom stereocenters. The molecule has 1 aromatic heterocycles. The number of hydrogen-bond acceptors (Lipinski definition) is 9. The number of carboxylic acids is 3. The molecule has 1 aliphatic rings. The van der Waals surface area contributed by atoms with Gasteiger partial charge in [-0.15, -0.1) is 6.42 Å². The number of carbonyl (C=O) groups excluding carboxylic acids is 2. The quantitative estimate of drug-likeness (QED) is 0.114. The second kappa shape index (κ2) is 15.0. The van der Waals surface area contributed by atoms with E-state index in [-0.39, 0.29) is 42.4 Å². The van der Waals surface area contributed by atoms with Crippen molar-refractivity contribution >= 4 is 46.3 Å². The molecule has 0 saturated carbocycles. The molecule has 1 heterocycles. The predicted molar refractivity (Wildman–Crippen MR) is 167 cm³/mol. The standard InChI is InChI=1S/C32H33N5O10/c1-2-13-37(25-10-5-18-14-24-21(15-20(18)25)30(43)36-26(16-38)33-24)19-6-3-17(4-7-19)29(42)35-23(32(46)47)8-11-27(39)34-22(31(44)45)9-12-28(40)41/h1,3-4,6-7,14-15,22-23,25,38H,5,8-13,16H2,(H,34,39)(H,35,42)(H,40,41)(H,44,45)(H,46,47)(H,33,36,43)/t22-,23-,25?/m0/s1. The van der Waals surface area contributed by atoms with Gasteiger partial charge in [0, 0.05) is 24.1 Å². The number of anilines is 1. The molecular formula is C32H33N5O10. The number of aliphatic carboxylic acids is 3. The number of carboxylic acid groups (broad SMARTS) is 3. The number of hydrogen-bond donors (Lipinski definition) is 7. The summed E-state index contributed by atoms with van der Waals surface area (Å²) in [5, 5.41) is 41.9. The Bertz CT molecular complexity index is 1800. The smallest absolute Gasteiger partial charge is 0.326 e. The Kier molecular flexibility index (Phi) is 10.9. The zero-order valence-electron chi connectivity index (χ0n) is 25.1. The van der Waals surface area contributed by atoms with Gasteiger partial charge >= 0.3 is 17.9 Å². The zero-order valence-corrected chi connectivity index (χ0v) is 25.1. The summed E-state index contributed by atoms with van der Waals surface area (Å²) < 4.78 is 0. The van der Waals surface area contributed by atoms with Gasteiger partial charge in [0.05, 0.1) is 23.5 Å². The van der Waals surface area contributed by atoms with E-state index >= 15 is 0 Å². The van der Waals surface area contributed by atoms with E-state index in [1.165, 1.54) is 12.1 Å². The molecule has 4 rings (SSSR count). The number of aromatic nitrogens is 2. The van der Waals surface area contributed by atoms with Crippen molar-refractivity contribution in [2.45, 2.75) is 63.3 Å². The molecule has 2 aromatic carbocycles. The number of terminal acetylenes is 1. The van der Waals surface area contributed by atoms with Gasteiger partial charge in [0.25, 0.3) is 11.5 Å². The third kappa shape index (κ3) is 8.30. The fourth-order valence-electron chi connectivity index (χ4n) is 5.52. The first-order valence-corrected chi connectivity index (χ1v) is 14.7. The third-order valence-corrected chi connectivity index (χ3v) is 7.85. The number of aromatic amines is 1. The molecule has 1 unspecified atom stereocenters. The maximum Gasteiger partial charge on any atom is 0.326 e. The van der Waals surface area contributed by atoms with Crippen molar-refractivity contribution in [2.24, 2.45) is 0 Å². The second-order valence-corrected chi connectivity index (χ2v) is 11.0. The van der Waals surface area contributed by atoms with Crippen LogP contribution in [-0.4, -0.2) is 78.7 Å². The Morgan fingerprint density at radius 3 is 2.28 bits per heavy atom. The van der Waals surface area contributed by atoms with Crippen molar-refractivity contribution in [3.63, 3.8) is 0 Å². The molecule has 15 nitrogen and oxygen atoms in total. The van der Waals surface area contributed by atoms with Crippen molar-refractivity contribution in [3.8, 4) is 12.3 Å². The molecule has 0 fully saturated rings. The summed E-state index contributed by atoms with van der Waals surface area (Å²) in [5.74, 6) is -2.77. The first-order valence-electron chi connectivity index (χ1n) is 14.7. The lowest BCUT2D eigenvalue weighted by atomic mass is 10.0. The lowest BCUT2D eigenvalue weighted by molar-refractivity contribution is -0.143. The van der Waals surface area contributed by atoms with Crippen molar-refractivity contribution in [2.75, 3.05) is 11.4 Å². The van der Waals surface area contributed by atoms with Crippen LogP contribution in [-0.2, 0) is 32.2 Å². The Balaban J connectivity index is 1.44. The van der Waals surface area contributed by atoms with E-state index in [9.17, 15) is 44.1 Å². The SMILES string of the molecule is C#CCN(c1ccc(C(=O)N[C@@H](CCC(=O)N[C@@H](CCC(=O)O)C(=O)O)C(=O)O)cc1)C1CCc2cc3nc(CO)[nH]c(=O)c3cc21. The molecule has 0 aliphatic heterocycles. The average molecular weight is 648 g/mol. The van der Waals surface area contributed by atoms with Crippen molar-refractivity contribution < 1.29 is 44.4 Å². The Morgan fingerprint density at radius 2 is 1.66 bits per heavy atom. The van der Waals surface area contributed by atoms with Gasteiger partial charge in [0.1, 0.15) is 24.5 Å². The first kappa shape index (κ1) is 34.1. The number of aliphatic hydroxyl groups excluding tert-OH is 1. The summed E-state index contributed by atoms with van der Waals surface area (Å²) in [6.07, 6.45) is 5.48. The Labute approximate surface area is 267 Å². The largest absolute Gasteiger partial charge is 0.481 e. The summed E-state index contributed by atoms with van der Waals surface area (Å²) in [6.45, 7) is -0.177. The van der Waals surface area contributed by atoms with Gasteiger partial charge in [-0.2, -0.15) is 0 Å². The highest BCUT2D eigenvalue weighted by Gasteiger charge is 2.30. The fraction of sp³-hybridized carbons (Fsp3) is 0.344.